The average Bonchev–Trinajstić information content (AvgIpc) is 2.79. The van der Waals surface area contributed by atoms with Gasteiger partial charge in [0.2, 0.25) is 11.5 Å². The Kier molecular flexibility index (Phi) is 6.64. The van der Waals surface area contributed by atoms with Gasteiger partial charge in [-0.2, -0.15) is 0 Å². The summed E-state index contributed by atoms with van der Waals surface area (Å²) >= 11 is 0. The van der Waals surface area contributed by atoms with Gasteiger partial charge in [0, 0.05) is 29.7 Å². The van der Waals surface area contributed by atoms with Gasteiger partial charge in [-0.25, -0.2) is 4.79 Å². The molecule has 7 heteroatoms. The number of carbonyl (C=O) groups excluding carboxylic acids is 1. The van der Waals surface area contributed by atoms with Crippen molar-refractivity contribution in [3.05, 3.63) is 40.8 Å². The summed E-state index contributed by atoms with van der Waals surface area (Å²) in [7, 11) is 3.09. The summed E-state index contributed by atoms with van der Waals surface area (Å²) in [5, 5.41) is 0.685. The zero-order valence-electron chi connectivity index (χ0n) is 21.6. The maximum atomic E-state index is 11.9. The van der Waals surface area contributed by atoms with Gasteiger partial charge in [0.15, 0.2) is 11.3 Å². The first-order valence-electron chi connectivity index (χ1n) is 12.2. The maximum Gasteiger partial charge on any atom is 0.336 e. The second-order valence-electron chi connectivity index (χ2n) is 10.7. The fourth-order valence-electron chi connectivity index (χ4n) is 6.65. The number of hydrogen-bond donors (Lipinski definition) is 0. The van der Waals surface area contributed by atoms with E-state index in [1.807, 2.05) is 0 Å². The molecule has 0 radical (unpaired) electrons. The molecule has 190 valence electrons. The molecule has 0 spiro atoms. The molecule has 1 aromatic heterocycles. The van der Waals surface area contributed by atoms with Crippen molar-refractivity contribution in [1.29, 1.82) is 0 Å². The fraction of sp³-hybridized carbons (Fsp3) is 0.571. The minimum absolute atomic E-state index is 0.0701. The quantitative estimate of drug-likeness (QED) is 0.303. The van der Waals surface area contributed by atoms with E-state index in [1.54, 1.807) is 19.2 Å². The molecule has 1 heterocycles. The van der Waals surface area contributed by atoms with E-state index in [1.165, 1.54) is 20.1 Å². The normalized spacial score (nSPS) is 27.7. The summed E-state index contributed by atoms with van der Waals surface area (Å²) in [5.74, 6) is 1.44. The number of rotatable bonds is 6. The van der Waals surface area contributed by atoms with E-state index in [0.717, 1.165) is 31.3 Å². The molecule has 0 saturated heterocycles. The lowest BCUT2D eigenvalue weighted by atomic mass is 9.47. The van der Waals surface area contributed by atoms with Crippen molar-refractivity contribution < 1.29 is 28.2 Å². The van der Waals surface area contributed by atoms with Crippen molar-refractivity contribution in [2.45, 2.75) is 59.5 Å². The maximum absolute atomic E-state index is 11.9. The van der Waals surface area contributed by atoms with Crippen LogP contribution in [-0.2, 0) is 9.53 Å². The number of benzene rings is 1. The average molecular weight is 485 g/mol. The standard InChI is InChI=1S/C28H36O7/c1-16-8-10-21-27(3,4)22(34-17(2)29)12-13-28(21,5)19(16)15-33-25-20(31-6)14-18-9-11-23(30)35-24(18)26(25)32-7/h9,11,14,19,21-22H,1,8,10,12-13,15H2,2-7H3/t19-,21-,22-,28-/m0/s1. The Hall–Kier alpha value is -2.96. The molecule has 0 bridgehead atoms. The molecule has 0 unspecified atom stereocenters. The van der Waals surface area contributed by atoms with Crippen molar-refractivity contribution in [2.75, 3.05) is 20.8 Å². The van der Waals surface area contributed by atoms with Crippen LogP contribution in [0.4, 0.5) is 0 Å². The zero-order chi connectivity index (χ0) is 25.5. The van der Waals surface area contributed by atoms with Crippen LogP contribution in [0.2, 0.25) is 0 Å². The van der Waals surface area contributed by atoms with Crippen molar-refractivity contribution in [3.63, 3.8) is 0 Å². The van der Waals surface area contributed by atoms with Gasteiger partial charge < -0.3 is 23.4 Å². The Balaban J connectivity index is 1.67. The monoisotopic (exact) mass is 484 g/mol. The highest BCUT2D eigenvalue weighted by molar-refractivity contribution is 5.88. The van der Waals surface area contributed by atoms with Crippen LogP contribution in [-0.4, -0.2) is 32.9 Å². The Morgan fingerprint density at radius 2 is 1.89 bits per heavy atom. The Morgan fingerprint density at radius 1 is 1.14 bits per heavy atom. The second kappa shape index (κ2) is 9.25. The molecule has 2 saturated carbocycles. The molecule has 4 rings (SSSR count). The van der Waals surface area contributed by atoms with Gasteiger partial charge in [-0.05, 0) is 49.1 Å². The van der Waals surface area contributed by atoms with Crippen LogP contribution < -0.4 is 19.8 Å². The Morgan fingerprint density at radius 3 is 2.54 bits per heavy atom. The number of fused-ring (bicyclic) bond motifs is 2. The van der Waals surface area contributed by atoms with E-state index in [-0.39, 0.29) is 28.8 Å². The molecular formula is C28H36O7. The SMILES string of the molecule is C=C1CC[C@H]2C(C)(C)[C@@H](OC(C)=O)CC[C@@]2(C)[C@H]1COc1c(OC)cc2ccc(=O)oc2c1OC. The van der Waals surface area contributed by atoms with Gasteiger partial charge in [0.25, 0.3) is 0 Å². The van der Waals surface area contributed by atoms with E-state index >= 15 is 0 Å². The van der Waals surface area contributed by atoms with Crippen LogP contribution in [0, 0.1) is 22.7 Å². The van der Waals surface area contributed by atoms with Crippen LogP contribution in [0.25, 0.3) is 11.0 Å². The van der Waals surface area contributed by atoms with E-state index in [2.05, 4.69) is 27.4 Å². The number of ether oxygens (including phenoxy) is 4. The van der Waals surface area contributed by atoms with Gasteiger partial charge in [-0.1, -0.05) is 32.9 Å². The highest BCUT2D eigenvalue weighted by Crippen LogP contribution is 2.61. The first kappa shape index (κ1) is 25.1. The molecule has 2 fully saturated rings. The van der Waals surface area contributed by atoms with Crippen LogP contribution in [0.15, 0.2) is 39.6 Å². The van der Waals surface area contributed by atoms with Crippen molar-refractivity contribution in [2.24, 2.45) is 22.7 Å². The predicted molar refractivity (Wildman–Crippen MR) is 133 cm³/mol. The highest BCUT2D eigenvalue weighted by Gasteiger charge is 2.57. The molecule has 0 aliphatic heterocycles. The summed E-state index contributed by atoms with van der Waals surface area (Å²) in [4.78, 5) is 23.6. The fourth-order valence-corrected chi connectivity index (χ4v) is 6.65. The van der Waals surface area contributed by atoms with Crippen LogP contribution in [0.5, 0.6) is 17.2 Å². The van der Waals surface area contributed by atoms with Crippen molar-refractivity contribution in [3.8, 4) is 17.2 Å². The summed E-state index contributed by atoms with van der Waals surface area (Å²) in [6.45, 7) is 13.0. The topological polar surface area (TPSA) is 84.2 Å². The third kappa shape index (κ3) is 4.30. The van der Waals surface area contributed by atoms with Crippen molar-refractivity contribution >= 4 is 16.9 Å². The van der Waals surface area contributed by atoms with Gasteiger partial charge in [-0.15, -0.1) is 0 Å². The van der Waals surface area contributed by atoms with Gasteiger partial charge in [0.05, 0.1) is 20.8 Å². The number of hydrogen-bond acceptors (Lipinski definition) is 7. The third-order valence-electron chi connectivity index (χ3n) is 8.43. The molecule has 0 amide bonds. The van der Waals surface area contributed by atoms with Crippen LogP contribution in [0.1, 0.15) is 53.4 Å². The predicted octanol–water partition coefficient (Wildman–Crippen LogP) is 5.53. The molecule has 1 aromatic carbocycles. The van der Waals surface area contributed by atoms with E-state index in [9.17, 15) is 9.59 Å². The molecule has 0 N–H and O–H groups in total. The Labute approximate surface area is 206 Å². The molecule has 7 nitrogen and oxygen atoms in total. The smallest absolute Gasteiger partial charge is 0.336 e. The molecular weight excluding hydrogens is 448 g/mol. The summed E-state index contributed by atoms with van der Waals surface area (Å²) in [6.07, 6.45) is 3.51. The van der Waals surface area contributed by atoms with Gasteiger partial charge in [0.1, 0.15) is 6.10 Å². The lowest BCUT2D eigenvalue weighted by Crippen LogP contribution is -2.56. The van der Waals surface area contributed by atoms with Crippen molar-refractivity contribution in [1.82, 2.24) is 0 Å². The molecule has 4 atom stereocenters. The van der Waals surface area contributed by atoms with E-state index < -0.39 is 5.63 Å². The summed E-state index contributed by atoms with van der Waals surface area (Å²) < 4.78 is 28.8. The number of carbonyl (C=O) groups is 1. The van der Waals surface area contributed by atoms with E-state index in [4.69, 9.17) is 23.4 Å². The Bertz CT molecular complexity index is 1190. The van der Waals surface area contributed by atoms with Crippen LogP contribution >= 0.6 is 0 Å². The van der Waals surface area contributed by atoms with Gasteiger partial charge >= 0.3 is 11.6 Å². The molecule has 35 heavy (non-hydrogen) atoms. The highest BCUT2D eigenvalue weighted by atomic mass is 16.5. The van der Waals surface area contributed by atoms with E-state index in [0.29, 0.717) is 40.7 Å². The largest absolute Gasteiger partial charge is 0.493 e. The van der Waals surface area contributed by atoms with Gasteiger partial charge in [-0.3, -0.25) is 4.79 Å². The molecule has 2 aliphatic rings. The van der Waals surface area contributed by atoms with Crippen LogP contribution in [0.3, 0.4) is 0 Å². The number of methoxy groups -OCH3 is 2. The lowest BCUT2D eigenvalue weighted by Gasteiger charge is -2.59. The first-order valence-corrected chi connectivity index (χ1v) is 12.2. The summed E-state index contributed by atoms with van der Waals surface area (Å²) in [6, 6.07) is 4.82. The molecule has 2 aliphatic carbocycles. The minimum Gasteiger partial charge on any atom is -0.493 e. The summed E-state index contributed by atoms with van der Waals surface area (Å²) in [5.41, 5.74) is 0.787. The second-order valence-corrected chi connectivity index (χ2v) is 10.7. The first-order chi connectivity index (χ1) is 16.5. The third-order valence-corrected chi connectivity index (χ3v) is 8.43. The minimum atomic E-state index is -0.463. The molecule has 2 aromatic rings. The number of esters is 1. The lowest BCUT2D eigenvalue weighted by molar-refractivity contribution is -0.175. The zero-order valence-corrected chi connectivity index (χ0v) is 21.6.